The zero-order valence-electron chi connectivity index (χ0n) is 10.7. The van der Waals surface area contributed by atoms with Crippen molar-refractivity contribution >= 4 is 11.6 Å². The van der Waals surface area contributed by atoms with E-state index in [1.807, 2.05) is 13.1 Å². The zero-order chi connectivity index (χ0) is 13.0. The molecule has 96 valence electrons. The van der Waals surface area contributed by atoms with E-state index in [2.05, 4.69) is 27.3 Å². The van der Waals surface area contributed by atoms with Crippen LogP contribution in [0.15, 0.2) is 18.6 Å². The van der Waals surface area contributed by atoms with Gasteiger partial charge in [-0.2, -0.15) is 5.10 Å². The summed E-state index contributed by atoms with van der Waals surface area (Å²) in [6.45, 7) is 2.74. The van der Waals surface area contributed by atoms with Gasteiger partial charge in [-0.25, -0.2) is 9.97 Å². The van der Waals surface area contributed by atoms with Gasteiger partial charge < -0.3 is 11.1 Å². The van der Waals surface area contributed by atoms with Gasteiger partial charge in [0.1, 0.15) is 18.0 Å². The molecule has 0 aliphatic rings. The summed E-state index contributed by atoms with van der Waals surface area (Å²) in [5.74, 6) is 1.49. The van der Waals surface area contributed by atoms with Crippen LogP contribution in [0.5, 0.6) is 0 Å². The van der Waals surface area contributed by atoms with Crippen molar-refractivity contribution in [1.82, 2.24) is 19.7 Å². The second kappa shape index (κ2) is 5.48. The molecule has 0 fully saturated rings. The second-order valence-corrected chi connectivity index (χ2v) is 4.18. The van der Waals surface area contributed by atoms with Gasteiger partial charge in [-0.3, -0.25) is 4.68 Å². The molecule has 0 atom stereocenters. The number of hydrogen-bond donors (Lipinski definition) is 2. The van der Waals surface area contributed by atoms with Gasteiger partial charge in [-0.1, -0.05) is 13.3 Å². The lowest BCUT2D eigenvalue weighted by Gasteiger charge is -2.06. The Labute approximate surface area is 106 Å². The maximum Gasteiger partial charge on any atom is 0.129 e. The molecule has 0 saturated carbocycles. The van der Waals surface area contributed by atoms with Crippen LogP contribution in [-0.2, 0) is 20.0 Å². The van der Waals surface area contributed by atoms with Crippen LogP contribution in [-0.4, -0.2) is 19.7 Å². The summed E-state index contributed by atoms with van der Waals surface area (Å²) in [5.41, 5.74) is 7.89. The fourth-order valence-corrected chi connectivity index (χ4v) is 1.70. The van der Waals surface area contributed by atoms with E-state index >= 15 is 0 Å². The third-order valence-corrected chi connectivity index (χ3v) is 2.75. The van der Waals surface area contributed by atoms with E-state index in [1.165, 1.54) is 0 Å². The zero-order valence-corrected chi connectivity index (χ0v) is 10.7. The number of nitrogens with one attached hydrogen (secondary N) is 1. The van der Waals surface area contributed by atoms with E-state index in [0.717, 1.165) is 29.9 Å². The van der Waals surface area contributed by atoms with Crippen molar-refractivity contribution in [3.8, 4) is 0 Å². The Balaban J connectivity index is 2.01. The molecule has 2 rings (SSSR count). The molecule has 18 heavy (non-hydrogen) atoms. The number of hydrogen-bond acceptors (Lipinski definition) is 5. The molecule has 2 heterocycles. The Morgan fingerprint density at radius 1 is 1.39 bits per heavy atom. The molecule has 0 unspecified atom stereocenters. The molecule has 2 aromatic heterocycles. The lowest BCUT2D eigenvalue weighted by Crippen LogP contribution is -2.05. The number of rotatable bonds is 5. The van der Waals surface area contributed by atoms with Crippen LogP contribution in [0.25, 0.3) is 0 Å². The minimum Gasteiger partial charge on any atom is -0.384 e. The predicted molar refractivity (Wildman–Crippen MR) is 71.0 cm³/mol. The Morgan fingerprint density at radius 3 is 2.89 bits per heavy atom. The van der Waals surface area contributed by atoms with Crippen LogP contribution >= 0.6 is 0 Å². The Hall–Kier alpha value is -2.11. The highest BCUT2D eigenvalue weighted by atomic mass is 15.3. The first-order valence-corrected chi connectivity index (χ1v) is 6.02. The molecule has 6 nitrogen and oxygen atoms in total. The van der Waals surface area contributed by atoms with Crippen molar-refractivity contribution in [1.29, 1.82) is 0 Å². The molecular weight excluding hydrogens is 228 g/mol. The van der Waals surface area contributed by atoms with Gasteiger partial charge in [-0.15, -0.1) is 0 Å². The summed E-state index contributed by atoms with van der Waals surface area (Å²) in [5, 5.41) is 7.32. The van der Waals surface area contributed by atoms with Crippen molar-refractivity contribution in [2.45, 2.75) is 26.3 Å². The number of nitrogen functional groups attached to an aromatic ring is 1. The van der Waals surface area contributed by atoms with Gasteiger partial charge >= 0.3 is 0 Å². The molecule has 0 aliphatic carbocycles. The Morgan fingerprint density at radius 2 is 2.22 bits per heavy atom. The highest BCUT2D eigenvalue weighted by Gasteiger charge is 2.04. The topological polar surface area (TPSA) is 81.7 Å². The average molecular weight is 246 g/mol. The maximum atomic E-state index is 5.87. The van der Waals surface area contributed by atoms with Gasteiger partial charge in [0.15, 0.2) is 0 Å². The highest BCUT2D eigenvalue weighted by Crippen LogP contribution is 2.12. The summed E-state index contributed by atoms with van der Waals surface area (Å²) in [6, 6.07) is 1.97. The van der Waals surface area contributed by atoms with Crippen LogP contribution in [0.1, 0.15) is 24.6 Å². The first kappa shape index (κ1) is 12.3. The van der Waals surface area contributed by atoms with Crippen LogP contribution < -0.4 is 11.1 Å². The molecule has 0 bridgehead atoms. The quantitative estimate of drug-likeness (QED) is 0.832. The number of aryl methyl sites for hydroxylation is 2. The largest absolute Gasteiger partial charge is 0.384 e. The van der Waals surface area contributed by atoms with E-state index in [0.29, 0.717) is 12.4 Å². The molecule has 0 spiro atoms. The lowest BCUT2D eigenvalue weighted by molar-refractivity contribution is 0.778. The van der Waals surface area contributed by atoms with E-state index < -0.39 is 0 Å². The van der Waals surface area contributed by atoms with Crippen LogP contribution in [0.4, 0.5) is 11.6 Å². The number of nitrogens with zero attached hydrogens (tertiary/aromatic N) is 4. The fourth-order valence-electron chi connectivity index (χ4n) is 1.70. The minimum atomic E-state index is 0.613. The van der Waals surface area contributed by atoms with Gasteiger partial charge in [0.05, 0.1) is 6.20 Å². The molecular formula is C12H18N6. The van der Waals surface area contributed by atoms with E-state index in [9.17, 15) is 0 Å². The van der Waals surface area contributed by atoms with Crippen molar-refractivity contribution < 1.29 is 0 Å². The molecule has 0 amide bonds. The molecule has 0 saturated heterocycles. The van der Waals surface area contributed by atoms with E-state index in [-0.39, 0.29) is 0 Å². The smallest absolute Gasteiger partial charge is 0.129 e. The monoisotopic (exact) mass is 246 g/mol. The Bertz CT molecular complexity index is 519. The maximum absolute atomic E-state index is 5.87. The predicted octanol–water partition coefficient (Wildman–Crippen LogP) is 1.36. The molecule has 0 radical (unpaired) electrons. The summed E-state index contributed by atoms with van der Waals surface area (Å²) >= 11 is 0. The van der Waals surface area contributed by atoms with Gasteiger partial charge in [0, 0.05) is 30.9 Å². The SMILES string of the molecule is CCCc1cc(NCc2cnn(C)c2N)ncn1. The second-order valence-electron chi connectivity index (χ2n) is 4.18. The van der Waals surface area contributed by atoms with Gasteiger partial charge in [-0.05, 0) is 6.42 Å². The Kier molecular flexibility index (Phi) is 3.76. The van der Waals surface area contributed by atoms with Crippen LogP contribution in [0, 0.1) is 0 Å². The normalized spacial score (nSPS) is 10.6. The summed E-state index contributed by atoms with van der Waals surface area (Å²) in [6.07, 6.45) is 5.38. The van der Waals surface area contributed by atoms with Crippen LogP contribution in [0.3, 0.4) is 0 Å². The first-order valence-electron chi connectivity index (χ1n) is 6.02. The number of anilines is 2. The molecule has 3 N–H and O–H groups in total. The molecule has 6 heteroatoms. The summed E-state index contributed by atoms with van der Waals surface area (Å²) in [7, 11) is 1.82. The van der Waals surface area contributed by atoms with E-state index in [4.69, 9.17) is 5.73 Å². The van der Waals surface area contributed by atoms with Gasteiger partial charge in [0.2, 0.25) is 0 Å². The third kappa shape index (κ3) is 2.77. The van der Waals surface area contributed by atoms with Gasteiger partial charge in [0.25, 0.3) is 0 Å². The summed E-state index contributed by atoms with van der Waals surface area (Å²) < 4.78 is 1.65. The number of aromatic nitrogens is 4. The van der Waals surface area contributed by atoms with E-state index in [1.54, 1.807) is 17.2 Å². The van der Waals surface area contributed by atoms with Crippen molar-refractivity contribution in [3.63, 3.8) is 0 Å². The standard InChI is InChI=1S/C12H18N6/c1-3-4-10-5-11(16-8-15-10)14-6-9-7-17-18(2)12(9)13/h5,7-8H,3-4,6,13H2,1-2H3,(H,14,15,16). The third-order valence-electron chi connectivity index (χ3n) is 2.75. The highest BCUT2D eigenvalue weighted by molar-refractivity contribution is 5.42. The summed E-state index contributed by atoms with van der Waals surface area (Å²) in [4.78, 5) is 8.40. The fraction of sp³-hybridized carbons (Fsp3) is 0.417. The molecule has 0 aliphatic heterocycles. The minimum absolute atomic E-state index is 0.613. The molecule has 2 aromatic rings. The van der Waals surface area contributed by atoms with Crippen molar-refractivity contribution in [2.75, 3.05) is 11.1 Å². The molecule has 0 aromatic carbocycles. The average Bonchev–Trinajstić information content (AvgIpc) is 2.69. The van der Waals surface area contributed by atoms with Crippen LogP contribution in [0.2, 0.25) is 0 Å². The van der Waals surface area contributed by atoms with Crippen molar-refractivity contribution in [3.05, 3.63) is 29.8 Å². The van der Waals surface area contributed by atoms with Crippen molar-refractivity contribution in [2.24, 2.45) is 7.05 Å². The lowest BCUT2D eigenvalue weighted by atomic mass is 10.2. The number of nitrogens with two attached hydrogens (primary N) is 1. The first-order chi connectivity index (χ1) is 8.70.